The largest absolute Gasteiger partial charge is 0.508 e. The first-order chi connectivity index (χ1) is 6.31. The predicted octanol–water partition coefficient (Wildman–Crippen LogP) is 3.00. The van der Waals surface area contributed by atoms with Gasteiger partial charge in [-0.2, -0.15) is 11.8 Å². The first kappa shape index (κ1) is 8.51. The topological polar surface area (TPSA) is 33.4 Å². The van der Waals surface area contributed by atoms with Gasteiger partial charge in [0.1, 0.15) is 11.3 Å². The molecule has 2 rings (SSSR count). The van der Waals surface area contributed by atoms with Crippen molar-refractivity contribution in [3.63, 3.8) is 0 Å². The number of fused-ring (bicyclic) bond motifs is 1. The Labute approximate surface area is 80.6 Å². The Kier molecular flexibility index (Phi) is 2.19. The van der Waals surface area contributed by atoms with E-state index in [-0.39, 0.29) is 5.75 Å². The van der Waals surface area contributed by atoms with E-state index in [0.717, 1.165) is 22.3 Å². The molecule has 2 aromatic rings. The molecule has 13 heavy (non-hydrogen) atoms. The van der Waals surface area contributed by atoms with E-state index < -0.39 is 0 Å². The van der Waals surface area contributed by atoms with Crippen molar-refractivity contribution in [1.82, 2.24) is 0 Å². The average molecular weight is 194 g/mol. The van der Waals surface area contributed by atoms with Crippen LogP contribution >= 0.6 is 11.8 Å². The molecule has 1 aromatic heterocycles. The van der Waals surface area contributed by atoms with E-state index in [1.165, 1.54) is 0 Å². The van der Waals surface area contributed by atoms with E-state index >= 15 is 0 Å². The fourth-order valence-electron chi connectivity index (χ4n) is 1.34. The zero-order chi connectivity index (χ0) is 9.26. The molecule has 0 aliphatic carbocycles. The molecule has 0 unspecified atom stereocenters. The summed E-state index contributed by atoms with van der Waals surface area (Å²) in [5, 5.41) is 10.3. The van der Waals surface area contributed by atoms with Crippen molar-refractivity contribution in [3.8, 4) is 5.75 Å². The number of phenolic OH excluding ortho intramolecular Hbond substituents is 1. The standard InChI is InChI=1S/C10H10O2S/c1-13-6-7-5-12-10-3-2-8(11)4-9(7)10/h2-5,11H,6H2,1H3. The highest BCUT2D eigenvalue weighted by molar-refractivity contribution is 7.97. The lowest BCUT2D eigenvalue weighted by molar-refractivity contribution is 0.476. The first-order valence-corrected chi connectivity index (χ1v) is 5.38. The fraction of sp³-hybridized carbons (Fsp3) is 0.200. The summed E-state index contributed by atoms with van der Waals surface area (Å²) in [6.45, 7) is 0. The molecule has 1 heterocycles. The summed E-state index contributed by atoms with van der Waals surface area (Å²) in [6.07, 6.45) is 3.79. The zero-order valence-electron chi connectivity index (χ0n) is 7.28. The van der Waals surface area contributed by atoms with Crippen LogP contribution in [-0.2, 0) is 5.75 Å². The molecule has 0 bridgehead atoms. The van der Waals surface area contributed by atoms with Crippen LogP contribution in [0.15, 0.2) is 28.9 Å². The maximum absolute atomic E-state index is 9.29. The number of furan rings is 1. The normalized spacial score (nSPS) is 10.8. The minimum absolute atomic E-state index is 0.288. The van der Waals surface area contributed by atoms with Crippen molar-refractivity contribution in [2.24, 2.45) is 0 Å². The van der Waals surface area contributed by atoms with Crippen LogP contribution in [0.4, 0.5) is 0 Å². The molecule has 0 spiro atoms. The van der Waals surface area contributed by atoms with Gasteiger partial charge in [-0.3, -0.25) is 0 Å². The predicted molar refractivity (Wildman–Crippen MR) is 55.1 cm³/mol. The summed E-state index contributed by atoms with van der Waals surface area (Å²) in [4.78, 5) is 0. The summed E-state index contributed by atoms with van der Waals surface area (Å²) in [5.74, 6) is 1.20. The second kappa shape index (κ2) is 3.34. The van der Waals surface area contributed by atoms with E-state index in [2.05, 4.69) is 0 Å². The van der Waals surface area contributed by atoms with Crippen molar-refractivity contribution in [2.45, 2.75) is 5.75 Å². The minimum atomic E-state index is 0.288. The lowest BCUT2D eigenvalue weighted by Gasteiger charge is -1.94. The third-order valence-electron chi connectivity index (χ3n) is 1.94. The highest BCUT2D eigenvalue weighted by Crippen LogP contribution is 2.27. The lowest BCUT2D eigenvalue weighted by Crippen LogP contribution is -1.75. The summed E-state index contributed by atoms with van der Waals surface area (Å²) in [6, 6.07) is 5.16. The highest BCUT2D eigenvalue weighted by Gasteiger charge is 2.05. The molecule has 0 fully saturated rings. The van der Waals surface area contributed by atoms with Crippen LogP contribution in [0.3, 0.4) is 0 Å². The van der Waals surface area contributed by atoms with E-state index in [4.69, 9.17) is 4.42 Å². The average Bonchev–Trinajstić information content (AvgIpc) is 2.49. The lowest BCUT2D eigenvalue weighted by atomic mass is 10.2. The Bertz CT molecular complexity index is 420. The zero-order valence-corrected chi connectivity index (χ0v) is 8.10. The van der Waals surface area contributed by atoms with Crippen molar-refractivity contribution in [2.75, 3.05) is 6.26 Å². The van der Waals surface area contributed by atoms with Gasteiger partial charge < -0.3 is 9.52 Å². The summed E-state index contributed by atoms with van der Waals surface area (Å²) >= 11 is 1.74. The second-order valence-electron chi connectivity index (χ2n) is 2.87. The van der Waals surface area contributed by atoms with Gasteiger partial charge in [-0.15, -0.1) is 0 Å². The van der Waals surface area contributed by atoms with Crippen LogP contribution < -0.4 is 0 Å². The fourth-order valence-corrected chi connectivity index (χ4v) is 1.87. The molecular weight excluding hydrogens is 184 g/mol. The number of benzene rings is 1. The molecule has 1 aromatic carbocycles. The first-order valence-electron chi connectivity index (χ1n) is 3.99. The number of hydrogen-bond donors (Lipinski definition) is 1. The van der Waals surface area contributed by atoms with Crippen molar-refractivity contribution in [3.05, 3.63) is 30.0 Å². The van der Waals surface area contributed by atoms with Gasteiger partial charge in [0.05, 0.1) is 6.26 Å². The van der Waals surface area contributed by atoms with Gasteiger partial charge in [0.25, 0.3) is 0 Å². The molecule has 3 heteroatoms. The van der Waals surface area contributed by atoms with Crippen LogP contribution in [0.25, 0.3) is 11.0 Å². The molecule has 0 aliphatic heterocycles. The number of thioether (sulfide) groups is 1. The van der Waals surface area contributed by atoms with E-state index in [1.54, 1.807) is 36.2 Å². The Morgan fingerprint density at radius 1 is 1.46 bits per heavy atom. The number of hydrogen-bond acceptors (Lipinski definition) is 3. The Balaban J connectivity index is 2.58. The SMILES string of the molecule is CSCc1coc2ccc(O)cc12. The summed E-state index contributed by atoms with van der Waals surface area (Å²) in [5.41, 5.74) is 1.97. The van der Waals surface area contributed by atoms with E-state index in [9.17, 15) is 5.11 Å². The molecule has 0 amide bonds. The molecule has 0 aliphatic rings. The van der Waals surface area contributed by atoms with Gasteiger partial charge in [0.15, 0.2) is 0 Å². The minimum Gasteiger partial charge on any atom is -0.508 e. The molecule has 0 saturated heterocycles. The monoisotopic (exact) mass is 194 g/mol. The van der Waals surface area contributed by atoms with Gasteiger partial charge in [-0.25, -0.2) is 0 Å². The summed E-state index contributed by atoms with van der Waals surface area (Å²) < 4.78 is 5.33. The smallest absolute Gasteiger partial charge is 0.134 e. The molecule has 0 saturated carbocycles. The van der Waals surface area contributed by atoms with Crippen LogP contribution in [0, 0.1) is 0 Å². The van der Waals surface area contributed by atoms with Gasteiger partial charge in [0, 0.05) is 16.7 Å². The molecule has 2 nitrogen and oxygen atoms in total. The van der Waals surface area contributed by atoms with Gasteiger partial charge in [-0.05, 0) is 24.5 Å². The highest BCUT2D eigenvalue weighted by atomic mass is 32.2. The van der Waals surface area contributed by atoms with E-state index in [0.29, 0.717) is 0 Å². The third kappa shape index (κ3) is 1.52. The van der Waals surface area contributed by atoms with Gasteiger partial charge in [0.2, 0.25) is 0 Å². The van der Waals surface area contributed by atoms with Crippen LogP contribution in [0.5, 0.6) is 5.75 Å². The Morgan fingerprint density at radius 3 is 3.08 bits per heavy atom. The maximum Gasteiger partial charge on any atom is 0.134 e. The quantitative estimate of drug-likeness (QED) is 0.797. The van der Waals surface area contributed by atoms with Gasteiger partial charge in [-0.1, -0.05) is 0 Å². The van der Waals surface area contributed by atoms with Crippen molar-refractivity contribution in [1.29, 1.82) is 0 Å². The molecule has 0 atom stereocenters. The maximum atomic E-state index is 9.29. The van der Waals surface area contributed by atoms with Crippen LogP contribution in [0.2, 0.25) is 0 Å². The van der Waals surface area contributed by atoms with Crippen LogP contribution in [0.1, 0.15) is 5.56 Å². The Hall–Kier alpha value is -1.09. The third-order valence-corrected chi connectivity index (χ3v) is 2.54. The van der Waals surface area contributed by atoms with Crippen molar-refractivity contribution < 1.29 is 9.52 Å². The molecule has 68 valence electrons. The number of aromatic hydroxyl groups is 1. The van der Waals surface area contributed by atoms with Crippen LogP contribution in [-0.4, -0.2) is 11.4 Å². The number of rotatable bonds is 2. The summed E-state index contributed by atoms with van der Waals surface area (Å²) in [7, 11) is 0. The van der Waals surface area contributed by atoms with Crippen molar-refractivity contribution >= 4 is 22.7 Å². The van der Waals surface area contributed by atoms with E-state index in [1.807, 2.05) is 6.26 Å². The van der Waals surface area contributed by atoms with Gasteiger partial charge >= 0.3 is 0 Å². The second-order valence-corrected chi connectivity index (χ2v) is 3.74. The molecular formula is C10H10O2S. The number of phenols is 1. The Morgan fingerprint density at radius 2 is 2.31 bits per heavy atom. The molecule has 1 N–H and O–H groups in total. The molecule has 0 radical (unpaired) electrons.